The van der Waals surface area contributed by atoms with E-state index in [1.807, 2.05) is 24.7 Å². The molecule has 3 fully saturated rings. The molecule has 7 rings (SSSR count). The number of unbranched alkanes of at least 4 members (excludes halogenated alkanes) is 1. The molecule has 11 heteroatoms. The molecule has 0 saturated carbocycles. The summed E-state index contributed by atoms with van der Waals surface area (Å²) in [7, 11) is -1.35. The van der Waals surface area contributed by atoms with Crippen LogP contribution in [0.25, 0.3) is 16.6 Å². The van der Waals surface area contributed by atoms with E-state index in [1.54, 1.807) is 17.8 Å². The van der Waals surface area contributed by atoms with Crippen molar-refractivity contribution in [1.29, 1.82) is 5.26 Å². The molecule has 3 aliphatic rings. The number of pyridine rings is 3. The number of hydrogen-bond donors (Lipinski definition) is 0. The lowest BCUT2D eigenvalue weighted by atomic mass is 9.87. The Hall–Kier alpha value is -4.01. The summed E-state index contributed by atoms with van der Waals surface area (Å²) in [4.78, 5) is 14.1. The third-order valence-corrected chi connectivity index (χ3v) is 9.15. The van der Waals surface area contributed by atoms with Gasteiger partial charge in [-0.1, -0.05) is 6.07 Å². The van der Waals surface area contributed by atoms with Gasteiger partial charge in [0.15, 0.2) is 0 Å². The van der Waals surface area contributed by atoms with E-state index in [-0.39, 0.29) is 5.75 Å². The van der Waals surface area contributed by atoms with Gasteiger partial charge in [0.05, 0.1) is 24.4 Å². The molecule has 10 nitrogen and oxygen atoms in total. The van der Waals surface area contributed by atoms with Gasteiger partial charge in [-0.2, -0.15) is 10.4 Å². The minimum atomic E-state index is -2.97. The molecule has 7 heterocycles. The van der Waals surface area contributed by atoms with Gasteiger partial charge in [-0.3, -0.25) is 4.90 Å². The lowest BCUT2D eigenvalue weighted by molar-refractivity contribution is -0.00876. The van der Waals surface area contributed by atoms with Crippen LogP contribution >= 0.6 is 0 Å². The van der Waals surface area contributed by atoms with Gasteiger partial charge in [0.25, 0.3) is 0 Å². The maximum Gasteiger partial charge on any atom is 0.212 e. The number of methoxy groups -OCH3 is 1. The van der Waals surface area contributed by atoms with Gasteiger partial charge >= 0.3 is 0 Å². The molecule has 2 unspecified atom stereocenters. The largest absolute Gasteiger partial charge is 0.481 e. The highest BCUT2D eigenvalue weighted by Gasteiger charge is 2.44. The Bertz CT molecular complexity index is 1680. The van der Waals surface area contributed by atoms with E-state index in [4.69, 9.17) is 9.72 Å². The van der Waals surface area contributed by atoms with Crippen molar-refractivity contribution in [2.45, 2.75) is 44.3 Å². The Kier molecular flexibility index (Phi) is 7.36. The second kappa shape index (κ2) is 11.1. The van der Waals surface area contributed by atoms with E-state index < -0.39 is 9.84 Å². The fraction of sp³-hybridized carbons (Fsp3) is 0.400. The first kappa shape index (κ1) is 27.2. The van der Waals surface area contributed by atoms with E-state index in [0.717, 1.165) is 60.5 Å². The first-order valence-electron chi connectivity index (χ1n) is 13.9. The molecule has 0 aliphatic carbocycles. The molecular formula is C30H33N7O3S. The highest BCUT2D eigenvalue weighted by Crippen LogP contribution is 2.36. The first-order valence-corrected chi connectivity index (χ1v) is 15.9. The zero-order chi connectivity index (χ0) is 28.6. The smallest absolute Gasteiger partial charge is 0.212 e. The van der Waals surface area contributed by atoms with Gasteiger partial charge in [0.1, 0.15) is 21.7 Å². The van der Waals surface area contributed by atoms with Crippen LogP contribution in [0.5, 0.6) is 5.88 Å². The van der Waals surface area contributed by atoms with Crippen LogP contribution in [0.2, 0.25) is 0 Å². The monoisotopic (exact) mass is 571 g/mol. The number of ether oxygens (including phenoxy) is 1. The third-order valence-electron chi connectivity index (χ3n) is 8.12. The number of piperazine rings is 1. The minimum Gasteiger partial charge on any atom is -0.481 e. The van der Waals surface area contributed by atoms with Gasteiger partial charge in [0, 0.05) is 79.5 Å². The molecule has 0 aromatic carbocycles. The van der Waals surface area contributed by atoms with Crippen molar-refractivity contribution in [3.8, 4) is 23.1 Å². The number of nitrogens with zero attached hydrogens (tertiary/aromatic N) is 7. The number of sulfone groups is 1. The maximum absolute atomic E-state index is 11.5. The quantitative estimate of drug-likeness (QED) is 0.264. The van der Waals surface area contributed by atoms with Crippen molar-refractivity contribution in [3.63, 3.8) is 0 Å². The van der Waals surface area contributed by atoms with Crippen LogP contribution in [0, 0.1) is 11.3 Å². The number of aryl methyl sites for hydroxylation is 1. The molecule has 0 spiro atoms. The molecule has 2 bridgehead atoms. The highest BCUT2D eigenvalue weighted by molar-refractivity contribution is 7.90. The summed E-state index contributed by atoms with van der Waals surface area (Å²) in [6.45, 7) is 2.75. The maximum atomic E-state index is 11.5. The standard InChI is InChI=1S/C30H33N7O3S/c1-40-29-9-6-22(14-33-29)17-36-25-12-26(36)20-35(19-25)28-8-7-23(15-32-28)27-11-21(5-3-4-10-41(2,38)39)18-37-30(27)24(13-31)16-34-37/h6-9,11,14-16,18,25-26H,3-5,10,12,17,19-20H2,1-2H3. The molecule has 41 heavy (non-hydrogen) atoms. The summed E-state index contributed by atoms with van der Waals surface area (Å²) in [5.41, 5.74) is 5.32. The number of fused-ring (bicyclic) bond motifs is 3. The molecule has 2 atom stereocenters. The number of aromatic nitrogens is 4. The Morgan fingerprint density at radius 3 is 2.54 bits per heavy atom. The van der Waals surface area contributed by atoms with Crippen molar-refractivity contribution >= 4 is 21.2 Å². The topological polar surface area (TPSA) is 117 Å². The van der Waals surface area contributed by atoms with Crippen LogP contribution in [0.3, 0.4) is 0 Å². The number of hydrogen-bond acceptors (Lipinski definition) is 9. The average molecular weight is 572 g/mol. The van der Waals surface area contributed by atoms with Crippen molar-refractivity contribution in [1.82, 2.24) is 24.5 Å². The number of nitriles is 1. The van der Waals surface area contributed by atoms with Crippen LogP contribution in [-0.4, -0.2) is 77.2 Å². The fourth-order valence-corrected chi connectivity index (χ4v) is 6.74. The summed E-state index contributed by atoms with van der Waals surface area (Å²) in [5.74, 6) is 1.77. The predicted molar refractivity (Wildman–Crippen MR) is 157 cm³/mol. The minimum absolute atomic E-state index is 0.183. The van der Waals surface area contributed by atoms with Gasteiger partial charge in [0.2, 0.25) is 5.88 Å². The third kappa shape index (κ3) is 5.76. The van der Waals surface area contributed by atoms with Crippen molar-refractivity contribution in [2.75, 3.05) is 37.1 Å². The van der Waals surface area contributed by atoms with E-state index in [2.05, 4.69) is 50.2 Å². The van der Waals surface area contributed by atoms with Gasteiger partial charge in [-0.25, -0.2) is 22.9 Å². The molecule has 4 aromatic rings. The van der Waals surface area contributed by atoms with E-state index in [1.165, 1.54) is 18.2 Å². The van der Waals surface area contributed by atoms with Crippen molar-refractivity contribution in [3.05, 3.63) is 71.8 Å². The van der Waals surface area contributed by atoms with Crippen molar-refractivity contribution < 1.29 is 13.2 Å². The zero-order valence-corrected chi connectivity index (χ0v) is 24.1. The number of anilines is 1. The molecule has 0 radical (unpaired) electrons. The molecular weight excluding hydrogens is 538 g/mol. The summed E-state index contributed by atoms with van der Waals surface area (Å²) in [6, 6.07) is 13.4. The van der Waals surface area contributed by atoms with Gasteiger partial charge < -0.3 is 9.64 Å². The van der Waals surface area contributed by atoms with Crippen LogP contribution in [0.4, 0.5) is 5.82 Å². The number of piperidine rings is 1. The van der Waals surface area contributed by atoms with Crippen LogP contribution in [0.1, 0.15) is 36.0 Å². The second-order valence-corrected chi connectivity index (χ2v) is 13.3. The average Bonchev–Trinajstić information content (AvgIpc) is 3.41. The lowest BCUT2D eigenvalue weighted by Gasteiger charge is -2.56. The SMILES string of the molecule is COc1ccc(CN2C3CC2CN(c2ccc(-c4cc(CCCCS(C)(=O)=O)cn5ncc(C#N)c45)cn2)C3)cn1. The Morgan fingerprint density at radius 2 is 1.88 bits per heavy atom. The molecule has 0 amide bonds. The summed E-state index contributed by atoms with van der Waals surface area (Å²) in [5, 5.41) is 14.1. The van der Waals surface area contributed by atoms with Gasteiger partial charge in [-0.15, -0.1) is 0 Å². The lowest BCUT2D eigenvalue weighted by Crippen LogP contribution is -2.68. The zero-order valence-electron chi connectivity index (χ0n) is 23.3. The van der Waals surface area contributed by atoms with E-state index >= 15 is 0 Å². The predicted octanol–water partition coefficient (Wildman–Crippen LogP) is 3.50. The van der Waals surface area contributed by atoms with Crippen LogP contribution < -0.4 is 9.64 Å². The number of rotatable bonds is 10. The molecule has 0 N–H and O–H groups in total. The fourth-order valence-electron chi connectivity index (χ4n) is 6.01. The highest BCUT2D eigenvalue weighted by atomic mass is 32.2. The Morgan fingerprint density at radius 1 is 1.05 bits per heavy atom. The first-order chi connectivity index (χ1) is 19.8. The van der Waals surface area contributed by atoms with E-state index in [0.29, 0.717) is 29.9 Å². The van der Waals surface area contributed by atoms with Gasteiger partial charge in [-0.05, 0) is 55.0 Å². The van der Waals surface area contributed by atoms with Crippen molar-refractivity contribution in [2.24, 2.45) is 0 Å². The Labute approximate surface area is 240 Å². The molecule has 212 valence electrons. The van der Waals surface area contributed by atoms with Crippen LogP contribution in [-0.2, 0) is 22.8 Å². The summed E-state index contributed by atoms with van der Waals surface area (Å²) in [6.07, 6.45) is 11.8. The Balaban J connectivity index is 1.16. The van der Waals surface area contributed by atoms with Crippen LogP contribution in [0.15, 0.2) is 55.1 Å². The summed E-state index contributed by atoms with van der Waals surface area (Å²) >= 11 is 0. The molecule has 3 aliphatic heterocycles. The normalized spacial score (nSPS) is 18.7. The van der Waals surface area contributed by atoms with E-state index in [9.17, 15) is 13.7 Å². The molecule has 4 aromatic heterocycles. The molecule has 3 saturated heterocycles. The summed E-state index contributed by atoms with van der Waals surface area (Å²) < 4.78 is 29.9. The second-order valence-electron chi connectivity index (χ2n) is 11.0.